The van der Waals surface area contributed by atoms with Crippen LogP contribution in [0.2, 0.25) is 0 Å². The fourth-order valence-corrected chi connectivity index (χ4v) is 2.82. The average molecular weight is 325 g/mol. The zero-order valence-electron chi connectivity index (χ0n) is 12.7. The summed E-state index contributed by atoms with van der Waals surface area (Å²) in [6, 6.07) is 7.19. The molecule has 1 aliphatic rings. The molecule has 1 unspecified atom stereocenters. The Morgan fingerprint density at radius 2 is 2.00 bits per heavy atom. The summed E-state index contributed by atoms with van der Waals surface area (Å²) >= 11 is 0. The van der Waals surface area contributed by atoms with E-state index < -0.39 is 0 Å². The van der Waals surface area contributed by atoms with Crippen LogP contribution in [-0.2, 0) is 13.1 Å². The summed E-state index contributed by atoms with van der Waals surface area (Å²) in [5, 5.41) is 7.72. The molecule has 2 heterocycles. The second kappa shape index (κ2) is 7.72. The maximum absolute atomic E-state index is 12.9. The molecule has 120 valence electrons. The molecule has 1 saturated heterocycles. The van der Waals surface area contributed by atoms with E-state index in [0.717, 1.165) is 25.2 Å². The van der Waals surface area contributed by atoms with E-state index in [4.69, 9.17) is 0 Å². The predicted octanol–water partition coefficient (Wildman–Crippen LogP) is 2.29. The van der Waals surface area contributed by atoms with E-state index >= 15 is 0 Å². The van der Waals surface area contributed by atoms with Gasteiger partial charge in [-0.1, -0.05) is 12.1 Å². The van der Waals surface area contributed by atoms with Crippen LogP contribution < -0.4 is 5.32 Å². The molecule has 0 amide bonds. The third kappa shape index (κ3) is 4.29. The number of aromatic nitrogens is 2. The summed E-state index contributed by atoms with van der Waals surface area (Å²) < 4.78 is 14.8. The van der Waals surface area contributed by atoms with Gasteiger partial charge in [0, 0.05) is 37.4 Å². The number of likely N-dealkylation sites (tertiary alicyclic amines) is 1. The van der Waals surface area contributed by atoms with Gasteiger partial charge >= 0.3 is 0 Å². The van der Waals surface area contributed by atoms with E-state index in [1.54, 1.807) is 12.1 Å². The van der Waals surface area contributed by atoms with Crippen molar-refractivity contribution in [1.82, 2.24) is 20.0 Å². The first-order valence-corrected chi connectivity index (χ1v) is 7.38. The molecular weight excluding hydrogens is 303 g/mol. The van der Waals surface area contributed by atoms with Crippen LogP contribution in [0.25, 0.3) is 0 Å². The van der Waals surface area contributed by atoms with Gasteiger partial charge in [-0.2, -0.15) is 5.10 Å². The highest BCUT2D eigenvalue weighted by Gasteiger charge is 2.20. The standard InChI is InChI=1S/C16H21FN4.ClH/c1-18-16-6-7-20(12-16)9-14-8-19-21(11-14)10-13-2-4-15(17)5-3-13;/h2-5,8,11,16,18H,6-7,9-10,12H2,1H3;1H. The summed E-state index contributed by atoms with van der Waals surface area (Å²) in [5.41, 5.74) is 2.29. The SMILES string of the molecule is CNC1CCN(Cc2cnn(Cc3ccc(F)cc3)c2)C1.Cl. The first-order valence-electron chi connectivity index (χ1n) is 7.38. The lowest BCUT2D eigenvalue weighted by Gasteiger charge is -2.14. The Labute approximate surface area is 136 Å². The summed E-state index contributed by atoms with van der Waals surface area (Å²) in [4.78, 5) is 2.44. The van der Waals surface area contributed by atoms with E-state index in [9.17, 15) is 4.39 Å². The van der Waals surface area contributed by atoms with Crippen molar-refractivity contribution in [3.63, 3.8) is 0 Å². The molecule has 0 bridgehead atoms. The minimum absolute atomic E-state index is 0. The third-order valence-electron chi connectivity index (χ3n) is 4.03. The van der Waals surface area contributed by atoms with Crippen molar-refractivity contribution >= 4 is 12.4 Å². The van der Waals surface area contributed by atoms with Gasteiger partial charge in [0.25, 0.3) is 0 Å². The molecular formula is C16H22ClFN4. The highest BCUT2D eigenvalue weighted by molar-refractivity contribution is 5.85. The topological polar surface area (TPSA) is 33.1 Å². The molecule has 1 atom stereocenters. The van der Waals surface area contributed by atoms with Gasteiger partial charge in [-0.3, -0.25) is 9.58 Å². The van der Waals surface area contributed by atoms with Crippen LogP contribution in [0.1, 0.15) is 17.5 Å². The Bertz CT molecular complexity index is 584. The monoisotopic (exact) mass is 324 g/mol. The molecule has 0 saturated carbocycles. The van der Waals surface area contributed by atoms with Gasteiger partial charge in [-0.05, 0) is 31.2 Å². The zero-order chi connectivity index (χ0) is 14.7. The molecule has 1 fully saturated rings. The first-order chi connectivity index (χ1) is 10.2. The zero-order valence-corrected chi connectivity index (χ0v) is 13.5. The molecule has 0 aliphatic carbocycles. The van der Waals surface area contributed by atoms with Crippen LogP contribution in [0.5, 0.6) is 0 Å². The lowest BCUT2D eigenvalue weighted by Crippen LogP contribution is -2.29. The van der Waals surface area contributed by atoms with Gasteiger partial charge in [-0.15, -0.1) is 12.4 Å². The molecule has 2 aromatic rings. The molecule has 0 radical (unpaired) electrons. The van der Waals surface area contributed by atoms with Crippen molar-refractivity contribution < 1.29 is 4.39 Å². The summed E-state index contributed by atoms with van der Waals surface area (Å²) in [5.74, 6) is -0.201. The maximum Gasteiger partial charge on any atom is 0.123 e. The van der Waals surface area contributed by atoms with Crippen LogP contribution in [0.4, 0.5) is 4.39 Å². The molecule has 4 nitrogen and oxygen atoms in total. The predicted molar refractivity (Wildman–Crippen MR) is 87.7 cm³/mol. The third-order valence-corrected chi connectivity index (χ3v) is 4.03. The normalized spacial score (nSPS) is 18.4. The Kier molecular flexibility index (Phi) is 5.94. The van der Waals surface area contributed by atoms with Crippen molar-refractivity contribution in [2.24, 2.45) is 0 Å². The number of hydrogen-bond donors (Lipinski definition) is 1. The number of rotatable bonds is 5. The number of hydrogen-bond acceptors (Lipinski definition) is 3. The van der Waals surface area contributed by atoms with Gasteiger partial charge in [0.05, 0.1) is 12.7 Å². The summed E-state index contributed by atoms with van der Waals surface area (Å²) in [6.45, 7) is 3.86. The average Bonchev–Trinajstić information content (AvgIpc) is 3.11. The van der Waals surface area contributed by atoms with Crippen LogP contribution in [-0.4, -0.2) is 40.9 Å². The quantitative estimate of drug-likeness (QED) is 0.916. The highest BCUT2D eigenvalue weighted by Crippen LogP contribution is 2.13. The molecule has 22 heavy (non-hydrogen) atoms. The van der Waals surface area contributed by atoms with Crippen molar-refractivity contribution in [2.75, 3.05) is 20.1 Å². The van der Waals surface area contributed by atoms with E-state index in [1.807, 2.05) is 17.9 Å². The number of halogens is 2. The van der Waals surface area contributed by atoms with E-state index in [-0.39, 0.29) is 18.2 Å². The van der Waals surface area contributed by atoms with E-state index in [2.05, 4.69) is 21.5 Å². The van der Waals surface area contributed by atoms with Gasteiger partial charge in [0.15, 0.2) is 0 Å². The lowest BCUT2D eigenvalue weighted by atomic mass is 10.2. The Balaban J connectivity index is 0.00000176. The molecule has 1 N–H and O–H groups in total. The molecule has 3 rings (SSSR count). The second-order valence-electron chi connectivity index (χ2n) is 5.68. The molecule has 0 spiro atoms. The van der Waals surface area contributed by atoms with Gasteiger partial charge < -0.3 is 5.32 Å². The van der Waals surface area contributed by atoms with Crippen LogP contribution in [0, 0.1) is 5.82 Å². The molecule has 6 heteroatoms. The molecule has 1 aromatic heterocycles. The van der Waals surface area contributed by atoms with Crippen LogP contribution in [0.15, 0.2) is 36.7 Å². The number of likely N-dealkylation sites (N-methyl/N-ethyl adjacent to an activating group) is 1. The van der Waals surface area contributed by atoms with Crippen molar-refractivity contribution in [3.8, 4) is 0 Å². The maximum atomic E-state index is 12.9. The van der Waals surface area contributed by atoms with Crippen LogP contribution in [0.3, 0.4) is 0 Å². The molecule has 1 aliphatic heterocycles. The fraction of sp³-hybridized carbons (Fsp3) is 0.438. The number of nitrogens with zero attached hydrogens (tertiary/aromatic N) is 3. The van der Waals surface area contributed by atoms with Crippen molar-refractivity contribution in [3.05, 3.63) is 53.6 Å². The highest BCUT2D eigenvalue weighted by atomic mass is 35.5. The largest absolute Gasteiger partial charge is 0.316 e. The van der Waals surface area contributed by atoms with E-state index in [0.29, 0.717) is 12.6 Å². The fourth-order valence-electron chi connectivity index (χ4n) is 2.82. The summed E-state index contributed by atoms with van der Waals surface area (Å²) in [6.07, 6.45) is 5.21. The van der Waals surface area contributed by atoms with Crippen LogP contribution >= 0.6 is 12.4 Å². The minimum Gasteiger partial charge on any atom is -0.316 e. The first kappa shape index (κ1) is 16.9. The smallest absolute Gasteiger partial charge is 0.123 e. The lowest BCUT2D eigenvalue weighted by molar-refractivity contribution is 0.322. The van der Waals surface area contributed by atoms with Crippen molar-refractivity contribution in [2.45, 2.75) is 25.6 Å². The Hall–Kier alpha value is -1.43. The minimum atomic E-state index is -0.201. The summed E-state index contributed by atoms with van der Waals surface area (Å²) in [7, 11) is 2.02. The van der Waals surface area contributed by atoms with Gasteiger partial charge in [0.2, 0.25) is 0 Å². The van der Waals surface area contributed by atoms with Crippen molar-refractivity contribution in [1.29, 1.82) is 0 Å². The Morgan fingerprint density at radius 1 is 1.23 bits per heavy atom. The second-order valence-corrected chi connectivity index (χ2v) is 5.68. The number of benzene rings is 1. The van der Waals surface area contributed by atoms with E-state index in [1.165, 1.54) is 24.1 Å². The molecule has 1 aromatic carbocycles. The van der Waals surface area contributed by atoms with Gasteiger partial charge in [0.1, 0.15) is 5.82 Å². The Morgan fingerprint density at radius 3 is 2.68 bits per heavy atom. The number of nitrogens with one attached hydrogen (secondary N) is 1. The van der Waals surface area contributed by atoms with Gasteiger partial charge in [-0.25, -0.2) is 4.39 Å².